The second kappa shape index (κ2) is 9.27. The van der Waals surface area contributed by atoms with E-state index in [9.17, 15) is 4.79 Å². The van der Waals surface area contributed by atoms with E-state index in [0.29, 0.717) is 12.4 Å². The van der Waals surface area contributed by atoms with Gasteiger partial charge in [0.1, 0.15) is 5.69 Å². The van der Waals surface area contributed by atoms with Gasteiger partial charge in [0.2, 0.25) is 5.88 Å². The monoisotopic (exact) mass is 411 g/mol. The van der Waals surface area contributed by atoms with Gasteiger partial charge in [-0.3, -0.25) is 4.79 Å². The molecule has 0 spiro atoms. The molecule has 5 nitrogen and oxygen atoms in total. The summed E-state index contributed by atoms with van der Waals surface area (Å²) < 4.78 is 5.80. The highest BCUT2D eigenvalue weighted by molar-refractivity contribution is 7.12. The molecule has 0 aliphatic carbocycles. The molecule has 0 aliphatic heterocycles. The number of aromatic nitrogens is 1. The topological polar surface area (TPSA) is 49.6 Å². The number of carbonyl (C=O) groups excluding carboxylic acids is 1. The summed E-state index contributed by atoms with van der Waals surface area (Å²) >= 11 is 1.48. The molecule has 2 aromatic heterocycles. The number of rotatable bonds is 8. The van der Waals surface area contributed by atoms with Crippen molar-refractivity contribution in [3.05, 3.63) is 58.3 Å². The Morgan fingerprint density at radius 1 is 1.14 bits per heavy atom. The number of benzene rings is 1. The van der Waals surface area contributed by atoms with E-state index in [1.165, 1.54) is 11.3 Å². The van der Waals surface area contributed by atoms with Crippen molar-refractivity contribution < 1.29 is 9.32 Å². The molecular formula is C23H29N3O2S. The summed E-state index contributed by atoms with van der Waals surface area (Å²) in [6.45, 7) is 8.86. The number of carbonyl (C=O) groups is 1. The summed E-state index contributed by atoms with van der Waals surface area (Å²) in [4.78, 5) is 18.0. The summed E-state index contributed by atoms with van der Waals surface area (Å²) in [7, 11) is 2.00. The van der Waals surface area contributed by atoms with Crippen LogP contribution in [0, 0.1) is 0 Å². The van der Waals surface area contributed by atoms with E-state index in [2.05, 4.69) is 37.8 Å². The van der Waals surface area contributed by atoms with E-state index in [4.69, 9.17) is 4.52 Å². The van der Waals surface area contributed by atoms with E-state index in [-0.39, 0.29) is 18.0 Å². The van der Waals surface area contributed by atoms with Gasteiger partial charge in [0, 0.05) is 24.7 Å². The van der Waals surface area contributed by atoms with Crippen molar-refractivity contribution in [1.82, 2.24) is 10.1 Å². The summed E-state index contributed by atoms with van der Waals surface area (Å²) in [5.74, 6) is 0.763. The number of hydrogen-bond donors (Lipinski definition) is 0. The van der Waals surface area contributed by atoms with E-state index in [1.807, 2.05) is 59.8 Å². The van der Waals surface area contributed by atoms with Crippen LogP contribution in [-0.2, 0) is 6.54 Å². The number of amides is 1. The Morgan fingerprint density at radius 3 is 2.45 bits per heavy atom. The minimum Gasteiger partial charge on any atom is -0.341 e. The molecule has 0 N–H and O–H groups in total. The minimum atomic E-state index is 0.0488. The Hall–Kier alpha value is -2.60. The predicted molar refractivity (Wildman–Crippen MR) is 119 cm³/mol. The molecule has 1 aromatic carbocycles. The third-order valence-electron chi connectivity index (χ3n) is 5.35. The van der Waals surface area contributed by atoms with Crippen LogP contribution in [0.3, 0.4) is 0 Å². The minimum absolute atomic E-state index is 0.0488. The highest BCUT2D eigenvalue weighted by atomic mass is 32.1. The van der Waals surface area contributed by atoms with E-state index < -0.39 is 0 Å². The molecule has 2 heterocycles. The van der Waals surface area contributed by atoms with Gasteiger partial charge < -0.3 is 14.3 Å². The lowest BCUT2D eigenvalue weighted by Crippen LogP contribution is -2.38. The third-order valence-corrected chi connectivity index (χ3v) is 6.21. The van der Waals surface area contributed by atoms with Crippen LogP contribution in [0.25, 0.3) is 11.3 Å². The fourth-order valence-corrected chi connectivity index (χ4v) is 3.82. The van der Waals surface area contributed by atoms with Crippen LogP contribution in [-0.4, -0.2) is 35.1 Å². The lowest BCUT2D eigenvalue weighted by Gasteiger charge is -2.29. The maximum absolute atomic E-state index is 13.3. The summed E-state index contributed by atoms with van der Waals surface area (Å²) in [5.41, 5.74) is 2.72. The van der Waals surface area contributed by atoms with Gasteiger partial charge in [-0.05, 0) is 38.6 Å². The zero-order valence-corrected chi connectivity index (χ0v) is 18.6. The van der Waals surface area contributed by atoms with E-state index in [1.54, 1.807) is 0 Å². The van der Waals surface area contributed by atoms with Crippen LogP contribution < -0.4 is 4.90 Å². The molecule has 1 atom stereocenters. The number of nitrogens with zero attached hydrogens (tertiary/aromatic N) is 3. The first kappa shape index (κ1) is 21.1. The number of hydrogen-bond acceptors (Lipinski definition) is 5. The zero-order chi connectivity index (χ0) is 21.0. The van der Waals surface area contributed by atoms with Crippen LogP contribution in [0.1, 0.15) is 49.4 Å². The number of thiophene rings is 1. The van der Waals surface area contributed by atoms with Gasteiger partial charge >= 0.3 is 0 Å². The van der Waals surface area contributed by atoms with Gasteiger partial charge in [0.25, 0.3) is 5.91 Å². The van der Waals surface area contributed by atoms with Crippen LogP contribution in [0.15, 0.2) is 52.4 Å². The lowest BCUT2D eigenvalue weighted by atomic mass is 10.1. The SMILES string of the molecule is CCC(C)N(Cc1c(-c2ccccc2)noc1N(C)C(C)C)C(=O)c1cccs1. The average Bonchev–Trinajstić information content (AvgIpc) is 3.41. The Morgan fingerprint density at radius 2 is 1.86 bits per heavy atom. The van der Waals surface area contributed by atoms with Crippen molar-refractivity contribution in [2.45, 2.75) is 52.7 Å². The summed E-state index contributed by atoms with van der Waals surface area (Å²) in [6.07, 6.45) is 0.873. The van der Waals surface area contributed by atoms with Gasteiger partial charge in [0.05, 0.1) is 17.0 Å². The van der Waals surface area contributed by atoms with Crippen molar-refractivity contribution in [1.29, 1.82) is 0 Å². The van der Waals surface area contributed by atoms with Crippen molar-refractivity contribution in [3.8, 4) is 11.3 Å². The van der Waals surface area contributed by atoms with E-state index in [0.717, 1.165) is 28.1 Å². The highest BCUT2D eigenvalue weighted by Gasteiger charge is 2.28. The molecule has 0 aliphatic rings. The molecular weight excluding hydrogens is 382 g/mol. The van der Waals surface area contributed by atoms with Crippen LogP contribution in [0.5, 0.6) is 0 Å². The normalized spacial score (nSPS) is 12.2. The van der Waals surface area contributed by atoms with Gasteiger partial charge in [-0.15, -0.1) is 11.3 Å². The first-order valence-electron chi connectivity index (χ1n) is 10.0. The van der Waals surface area contributed by atoms with Gasteiger partial charge in [-0.25, -0.2) is 0 Å². The standard InChI is InChI=1S/C23H29N3O2S/c1-6-17(4)26(22(27)20-13-10-14-29-20)15-19-21(18-11-8-7-9-12-18)24-28-23(19)25(5)16(2)3/h7-14,16-17H,6,15H2,1-5H3. The number of anilines is 1. The Balaban J connectivity index is 2.06. The Labute approximate surface area is 176 Å². The zero-order valence-electron chi connectivity index (χ0n) is 17.8. The molecule has 0 radical (unpaired) electrons. The molecule has 29 heavy (non-hydrogen) atoms. The Bertz CT molecular complexity index is 919. The molecule has 154 valence electrons. The molecule has 3 rings (SSSR count). The average molecular weight is 412 g/mol. The maximum Gasteiger partial charge on any atom is 0.264 e. The molecule has 1 amide bonds. The van der Waals surface area contributed by atoms with Crippen LogP contribution >= 0.6 is 11.3 Å². The molecule has 0 bridgehead atoms. The molecule has 6 heteroatoms. The van der Waals surface area contributed by atoms with Gasteiger partial charge in [-0.1, -0.05) is 48.5 Å². The smallest absolute Gasteiger partial charge is 0.264 e. The fourth-order valence-electron chi connectivity index (χ4n) is 3.14. The van der Waals surface area contributed by atoms with Crippen molar-refractivity contribution >= 4 is 23.1 Å². The molecule has 0 saturated heterocycles. The summed E-state index contributed by atoms with van der Waals surface area (Å²) in [5, 5.41) is 6.34. The fraction of sp³-hybridized carbons (Fsp3) is 0.391. The third kappa shape index (κ3) is 4.53. The van der Waals surface area contributed by atoms with Crippen LogP contribution in [0.4, 0.5) is 5.88 Å². The Kier molecular flexibility index (Phi) is 6.75. The van der Waals surface area contributed by atoms with Gasteiger partial charge in [0.15, 0.2) is 0 Å². The molecule has 0 saturated carbocycles. The second-order valence-corrected chi connectivity index (χ2v) is 8.50. The predicted octanol–water partition coefficient (Wildman–Crippen LogP) is 5.69. The first-order chi connectivity index (χ1) is 13.9. The molecule has 1 unspecified atom stereocenters. The highest BCUT2D eigenvalue weighted by Crippen LogP contribution is 2.34. The van der Waals surface area contributed by atoms with Crippen molar-refractivity contribution in [2.75, 3.05) is 11.9 Å². The maximum atomic E-state index is 13.3. The van der Waals surface area contributed by atoms with Gasteiger partial charge in [-0.2, -0.15) is 0 Å². The van der Waals surface area contributed by atoms with Crippen molar-refractivity contribution in [2.24, 2.45) is 0 Å². The largest absolute Gasteiger partial charge is 0.341 e. The molecule has 3 aromatic rings. The second-order valence-electron chi connectivity index (χ2n) is 7.55. The van der Waals surface area contributed by atoms with Crippen molar-refractivity contribution in [3.63, 3.8) is 0 Å². The molecule has 0 fully saturated rings. The first-order valence-corrected chi connectivity index (χ1v) is 10.9. The lowest BCUT2D eigenvalue weighted by molar-refractivity contribution is 0.0677. The summed E-state index contributed by atoms with van der Waals surface area (Å²) in [6, 6.07) is 14.1. The van der Waals surface area contributed by atoms with Crippen LogP contribution in [0.2, 0.25) is 0 Å². The quantitative estimate of drug-likeness (QED) is 0.478. The van der Waals surface area contributed by atoms with E-state index >= 15 is 0 Å².